The highest BCUT2D eigenvalue weighted by Crippen LogP contribution is 2.30. The average molecular weight is 307 g/mol. The Morgan fingerprint density at radius 2 is 2.10 bits per heavy atom. The van der Waals surface area contributed by atoms with E-state index < -0.39 is 0 Å². The van der Waals surface area contributed by atoms with E-state index in [1.54, 1.807) is 6.07 Å². The van der Waals surface area contributed by atoms with Crippen LogP contribution in [0.25, 0.3) is 0 Å². The molecule has 1 aliphatic heterocycles. The van der Waals surface area contributed by atoms with Crippen molar-refractivity contribution in [3.63, 3.8) is 0 Å². The molecule has 1 N–H and O–H groups in total. The SMILES string of the molecule is CC1=NC(C)=C(C(=O)OC(C)C)C(c2cccc(Cl)c2)N1. The van der Waals surface area contributed by atoms with Gasteiger partial charge in [-0.15, -0.1) is 0 Å². The van der Waals surface area contributed by atoms with Gasteiger partial charge in [0.2, 0.25) is 0 Å². The zero-order valence-corrected chi connectivity index (χ0v) is 13.4. The van der Waals surface area contributed by atoms with Gasteiger partial charge in [0.1, 0.15) is 0 Å². The number of amidine groups is 1. The number of benzene rings is 1. The van der Waals surface area contributed by atoms with E-state index in [1.165, 1.54) is 0 Å². The molecule has 5 heteroatoms. The summed E-state index contributed by atoms with van der Waals surface area (Å²) >= 11 is 6.06. The maximum Gasteiger partial charge on any atom is 0.338 e. The van der Waals surface area contributed by atoms with Crippen LogP contribution in [0.3, 0.4) is 0 Å². The van der Waals surface area contributed by atoms with Gasteiger partial charge < -0.3 is 10.1 Å². The number of nitrogens with one attached hydrogen (secondary N) is 1. The molecule has 0 saturated carbocycles. The number of esters is 1. The Morgan fingerprint density at radius 3 is 2.71 bits per heavy atom. The lowest BCUT2D eigenvalue weighted by Gasteiger charge is -2.27. The zero-order valence-electron chi connectivity index (χ0n) is 12.6. The zero-order chi connectivity index (χ0) is 15.6. The van der Waals surface area contributed by atoms with Crippen LogP contribution in [0, 0.1) is 0 Å². The molecule has 4 nitrogen and oxygen atoms in total. The fourth-order valence-electron chi connectivity index (χ4n) is 2.31. The number of ether oxygens (including phenoxy) is 1. The van der Waals surface area contributed by atoms with E-state index in [1.807, 2.05) is 45.9 Å². The Hall–Kier alpha value is -1.81. The predicted octanol–water partition coefficient (Wildman–Crippen LogP) is 3.63. The van der Waals surface area contributed by atoms with Crippen molar-refractivity contribution >= 4 is 23.4 Å². The Kier molecular flexibility index (Phi) is 4.68. The minimum atomic E-state index is -0.351. The molecule has 0 aromatic heterocycles. The summed E-state index contributed by atoms with van der Waals surface area (Å²) in [5.74, 6) is 0.412. The van der Waals surface area contributed by atoms with E-state index in [9.17, 15) is 4.79 Å². The number of halogens is 1. The first-order valence-corrected chi connectivity index (χ1v) is 7.25. The lowest BCUT2D eigenvalue weighted by atomic mass is 9.95. The summed E-state index contributed by atoms with van der Waals surface area (Å²) in [5, 5.41) is 3.86. The fourth-order valence-corrected chi connectivity index (χ4v) is 2.51. The van der Waals surface area contributed by atoms with Gasteiger partial charge in [-0.1, -0.05) is 23.7 Å². The van der Waals surface area contributed by atoms with Crippen molar-refractivity contribution in [2.24, 2.45) is 4.99 Å². The summed E-state index contributed by atoms with van der Waals surface area (Å²) in [6, 6.07) is 7.14. The molecule has 1 heterocycles. The summed E-state index contributed by atoms with van der Waals surface area (Å²) in [4.78, 5) is 16.7. The van der Waals surface area contributed by atoms with E-state index in [2.05, 4.69) is 10.3 Å². The van der Waals surface area contributed by atoms with Crippen molar-refractivity contribution in [1.82, 2.24) is 5.32 Å². The van der Waals surface area contributed by atoms with Crippen LogP contribution in [-0.4, -0.2) is 17.9 Å². The number of hydrogen-bond acceptors (Lipinski definition) is 4. The first kappa shape index (κ1) is 15.6. The third-order valence-corrected chi connectivity index (χ3v) is 3.35. The summed E-state index contributed by atoms with van der Waals surface area (Å²) in [5.41, 5.74) is 2.10. The first-order chi connectivity index (χ1) is 9.88. The van der Waals surface area contributed by atoms with Crippen molar-refractivity contribution in [1.29, 1.82) is 0 Å². The van der Waals surface area contributed by atoms with Crippen molar-refractivity contribution in [3.8, 4) is 0 Å². The predicted molar refractivity (Wildman–Crippen MR) is 84.4 cm³/mol. The van der Waals surface area contributed by atoms with Gasteiger partial charge in [0.05, 0.1) is 29.3 Å². The van der Waals surface area contributed by atoms with Crippen LogP contribution >= 0.6 is 11.6 Å². The standard InChI is InChI=1S/C16H19ClN2O2/c1-9(2)21-16(20)14-10(3)18-11(4)19-15(14)12-6-5-7-13(17)8-12/h5-9,15H,1-4H3,(H,18,19). The molecule has 1 aromatic carbocycles. The molecule has 0 saturated heterocycles. The highest BCUT2D eigenvalue weighted by Gasteiger charge is 2.30. The normalized spacial score (nSPS) is 18.4. The minimum absolute atomic E-state index is 0.176. The van der Waals surface area contributed by atoms with Gasteiger partial charge in [-0.25, -0.2) is 9.79 Å². The summed E-state index contributed by atoms with van der Waals surface area (Å²) in [6.07, 6.45) is -0.176. The van der Waals surface area contributed by atoms with Crippen LogP contribution in [-0.2, 0) is 9.53 Å². The van der Waals surface area contributed by atoms with Crippen LogP contribution < -0.4 is 5.32 Å². The van der Waals surface area contributed by atoms with E-state index in [4.69, 9.17) is 16.3 Å². The highest BCUT2D eigenvalue weighted by molar-refractivity contribution is 6.30. The molecule has 0 spiro atoms. The topological polar surface area (TPSA) is 50.7 Å². The number of allylic oxidation sites excluding steroid dienone is 1. The van der Waals surface area contributed by atoms with E-state index in [0.717, 1.165) is 11.4 Å². The van der Waals surface area contributed by atoms with Crippen LogP contribution in [0.5, 0.6) is 0 Å². The number of carbonyl (C=O) groups excluding carboxylic acids is 1. The molecule has 1 atom stereocenters. The quantitative estimate of drug-likeness (QED) is 0.868. The third-order valence-electron chi connectivity index (χ3n) is 3.11. The largest absolute Gasteiger partial charge is 0.459 e. The Bertz CT molecular complexity index is 620. The van der Waals surface area contributed by atoms with Crippen molar-refractivity contribution in [2.45, 2.75) is 39.8 Å². The number of carbonyl (C=O) groups is 1. The van der Waals surface area contributed by atoms with Gasteiger partial charge >= 0.3 is 5.97 Å². The second-order valence-corrected chi connectivity index (χ2v) is 5.72. The van der Waals surface area contributed by atoms with E-state index in [-0.39, 0.29) is 18.1 Å². The number of nitrogens with zero attached hydrogens (tertiary/aromatic N) is 1. The van der Waals surface area contributed by atoms with Gasteiger partial charge in [0.15, 0.2) is 0 Å². The molecular weight excluding hydrogens is 288 g/mol. The Morgan fingerprint density at radius 1 is 1.38 bits per heavy atom. The molecule has 112 valence electrons. The number of hydrogen-bond donors (Lipinski definition) is 1. The summed E-state index contributed by atoms with van der Waals surface area (Å²) < 4.78 is 5.34. The smallest absolute Gasteiger partial charge is 0.338 e. The van der Waals surface area contributed by atoms with Gasteiger partial charge in [-0.3, -0.25) is 0 Å². The van der Waals surface area contributed by atoms with Gasteiger partial charge in [0.25, 0.3) is 0 Å². The molecule has 0 fully saturated rings. The maximum absolute atomic E-state index is 12.4. The van der Waals surface area contributed by atoms with Crippen molar-refractivity contribution in [3.05, 3.63) is 46.1 Å². The fraction of sp³-hybridized carbons (Fsp3) is 0.375. The summed E-state index contributed by atoms with van der Waals surface area (Å²) in [7, 11) is 0. The Labute approximate surface area is 129 Å². The van der Waals surface area contributed by atoms with Crippen LogP contribution in [0.4, 0.5) is 0 Å². The van der Waals surface area contributed by atoms with Crippen LogP contribution in [0.2, 0.25) is 5.02 Å². The van der Waals surface area contributed by atoms with Gasteiger partial charge in [-0.05, 0) is 45.4 Å². The van der Waals surface area contributed by atoms with Crippen LogP contribution in [0.15, 0.2) is 40.5 Å². The van der Waals surface area contributed by atoms with Gasteiger partial charge in [0, 0.05) is 5.02 Å². The lowest BCUT2D eigenvalue weighted by molar-refractivity contribution is -0.143. The molecule has 1 aromatic rings. The van der Waals surface area contributed by atoms with Crippen molar-refractivity contribution < 1.29 is 9.53 Å². The number of aliphatic imine (C=N–C) groups is 1. The number of rotatable bonds is 3. The molecule has 1 unspecified atom stereocenters. The van der Waals surface area contributed by atoms with E-state index >= 15 is 0 Å². The monoisotopic (exact) mass is 306 g/mol. The highest BCUT2D eigenvalue weighted by atomic mass is 35.5. The van der Waals surface area contributed by atoms with Gasteiger partial charge in [-0.2, -0.15) is 0 Å². The molecule has 21 heavy (non-hydrogen) atoms. The van der Waals surface area contributed by atoms with Crippen LogP contribution in [0.1, 0.15) is 39.3 Å². The molecular formula is C16H19ClN2O2. The molecule has 2 rings (SSSR count). The minimum Gasteiger partial charge on any atom is -0.459 e. The molecule has 0 aliphatic carbocycles. The molecule has 1 aliphatic rings. The molecule has 0 amide bonds. The second-order valence-electron chi connectivity index (χ2n) is 5.28. The molecule has 0 bridgehead atoms. The second kappa shape index (κ2) is 6.31. The third kappa shape index (κ3) is 3.64. The summed E-state index contributed by atoms with van der Waals surface area (Å²) in [6.45, 7) is 7.34. The van der Waals surface area contributed by atoms with Crippen molar-refractivity contribution in [2.75, 3.05) is 0 Å². The van der Waals surface area contributed by atoms with E-state index in [0.29, 0.717) is 16.3 Å². The molecule has 0 radical (unpaired) electrons. The first-order valence-electron chi connectivity index (χ1n) is 6.87. The average Bonchev–Trinajstić information content (AvgIpc) is 2.36. The maximum atomic E-state index is 12.4. The lowest BCUT2D eigenvalue weighted by Crippen LogP contribution is -2.35. The Balaban J connectivity index is 2.44.